The molecule has 0 bridgehead atoms. The van der Waals surface area contributed by atoms with Crippen LogP contribution < -0.4 is 5.32 Å². The summed E-state index contributed by atoms with van der Waals surface area (Å²) < 4.78 is 16.3. The minimum absolute atomic E-state index is 0.0104. The number of Topliss-reactive ketones (excluding diaryl/α,β-unsaturated/α-hetero) is 1. The van der Waals surface area contributed by atoms with Crippen molar-refractivity contribution in [3.63, 3.8) is 0 Å². The van der Waals surface area contributed by atoms with E-state index in [1.165, 1.54) is 17.7 Å². The van der Waals surface area contributed by atoms with Gasteiger partial charge < -0.3 is 10.2 Å². The summed E-state index contributed by atoms with van der Waals surface area (Å²) >= 11 is 0. The normalized spacial score (nSPS) is 19.7. The molecule has 2 aliphatic heterocycles. The van der Waals surface area contributed by atoms with E-state index in [1.54, 1.807) is 6.33 Å². The van der Waals surface area contributed by atoms with Crippen LogP contribution in [0.15, 0.2) is 47.7 Å². The van der Waals surface area contributed by atoms with E-state index in [1.807, 2.05) is 25.7 Å². The lowest BCUT2D eigenvalue weighted by Crippen LogP contribution is -2.30. The van der Waals surface area contributed by atoms with Gasteiger partial charge in [-0.15, -0.1) is 0 Å². The van der Waals surface area contributed by atoms with Crippen LogP contribution in [0.4, 0.5) is 10.1 Å². The smallest absolute Gasteiger partial charge is 0.185 e. The third-order valence-corrected chi connectivity index (χ3v) is 6.39. The molecule has 0 saturated carbocycles. The second kappa shape index (κ2) is 8.51. The number of hydrogen-bond acceptors (Lipinski definition) is 6. The molecule has 1 N–H and O–H groups in total. The highest BCUT2D eigenvalue weighted by atomic mass is 19.1. The van der Waals surface area contributed by atoms with Crippen LogP contribution in [0.2, 0.25) is 0 Å². The van der Waals surface area contributed by atoms with Crippen molar-refractivity contribution in [3.05, 3.63) is 76.6 Å². The van der Waals surface area contributed by atoms with Crippen LogP contribution in [-0.2, 0) is 13.1 Å². The summed E-state index contributed by atoms with van der Waals surface area (Å²) in [6.07, 6.45) is 1.56. The van der Waals surface area contributed by atoms with E-state index < -0.39 is 5.82 Å². The minimum atomic E-state index is -0.425. The second-order valence-electron chi connectivity index (χ2n) is 8.88. The number of ketones is 1. The zero-order valence-electron chi connectivity index (χ0n) is 19.0. The maximum Gasteiger partial charge on any atom is 0.185 e. The van der Waals surface area contributed by atoms with Crippen molar-refractivity contribution in [1.29, 1.82) is 0 Å². The Labute approximate surface area is 192 Å². The van der Waals surface area contributed by atoms with E-state index in [0.717, 1.165) is 23.6 Å². The molecule has 2 unspecified atom stereocenters. The summed E-state index contributed by atoms with van der Waals surface area (Å²) in [7, 11) is 4.10. The molecule has 1 aromatic heterocycles. The molecule has 0 aliphatic carbocycles. The van der Waals surface area contributed by atoms with Gasteiger partial charge in [-0.25, -0.2) is 14.1 Å². The van der Waals surface area contributed by atoms with Crippen LogP contribution in [0.5, 0.6) is 0 Å². The minimum Gasteiger partial charge on any atom is -0.384 e. The fourth-order valence-electron chi connectivity index (χ4n) is 4.95. The highest BCUT2D eigenvalue weighted by molar-refractivity contribution is 6.20. The van der Waals surface area contributed by atoms with E-state index in [2.05, 4.69) is 44.6 Å². The molecule has 7 nitrogen and oxygen atoms in total. The van der Waals surface area contributed by atoms with Gasteiger partial charge in [0.2, 0.25) is 0 Å². The Morgan fingerprint density at radius 1 is 1.21 bits per heavy atom. The van der Waals surface area contributed by atoms with Crippen molar-refractivity contribution in [2.24, 2.45) is 4.99 Å². The summed E-state index contributed by atoms with van der Waals surface area (Å²) in [6.45, 7) is 4.12. The second-order valence-corrected chi connectivity index (χ2v) is 8.88. The van der Waals surface area contributed by atoms with Crippen LogP contribution in [0.3, 0.4) is 0 Å². The van der Waals surface area contributed by atoms with Gasteiger partial charge in [0.1, 0.15) is 24.5 Å². The zero-order chi connectivity index (χ0) is 23.1. The van der Waals surface area contributed by atoms with Gasteiger partial charge in [-0.2, -0.15) is 5.10 Å². The SMILES string of the molecule is CCn1ncnc1C1C2=NCC(=O)c3cc(F)cc(c32)NCC1c1ccc(CN(C)C)cc1. The molecule has 2 atom stereocenters. The van der Waals surface area contributed by atoms with Gasteiger partial charge in [-0.1, -0.05) is 24.3 Å². The Hall–Kier alpha value is -3.39. The fraction of sp³-hybridized carbons (Fsp3) is 0.360. The number of nitrogens with one attached hydrogen (secondary N) is 1. The Balaban J connectivity index is 1.67. The van der Waals surface area contributed by atoms with Gasteiger partial charge in [-0.05, 0) is 44.3 Å². The largest absolute Gasteiger partial charge is 0.384 e. The first kappa shape index (κ1) is 21.5. The summed E-state index contributed by atoms with van der Waals surface area (Å²) in [4.78, 5) is 24.1. The van der Waals surface area contributed by atoms with Gasteiger partial charge in [0.05, 0.1) is 11.6 Å². The number of aromatic nitrogens is 3. The first-order valence-electron chi connectivity index (χ1n) is 11.2. The maximum atomic E-state index is 14.4. The number of aliphatic imine (C=N–C) groups is 1. The lowest BCUT2D eigenvalue weighted by Gasteiger charge is -2.28. The topological polar surface area (TPSA) is 75.4 Å². The van der Waals surface area contributed by atoms with Gasteiger partial charge >= 0.3 is 0 Å². The Morgan fingerprint density at radius 3 is 2.73 bits per heavy atom. The first-order chi connectivity index (χ1) is 16.0. The molecule has 2 aromatic carbocycles. The molecule has 33 heavy (non-hydrogen) atoms. The molecule has 0 saturated heterocycles. The third-order valence-electron chi connectivity index (χ3n) is 6.39. The standard InChI is InChI=1S/C25H27FN6O/c1-4-32-25(29-14-30-32)23-19(16-7-5-15(6-8-16)13-31(2)3)11-27-20-10-17(26)9-18-21(33)12-28-24(23)22(18)20/h5-10,14,19,23,27H,4,11-13H2,1-3H3. The van der Waals surface area contributed by atoms with E-state index in [4.69, 9.17) is 4.99 Å². The van der Waals surface area contributed by atoms with Crippen molar-refractivity contribution in [1.82, 2.24) is 19.7 Å². The predicted octanol–water partition coefficient (Wildman–Crippen LogP) is 3.48. The van der Waals surface area contributed by atoms with Crippen LogP contribution >= 0.6 is 0 Å². The van der Waals surface area contributed by atoms with Crippen molar-refractivity contribution in [2.45, 2.75) is 31.8 Å². The molecule has 0 spiro atoms. The predicted molar refractivity (Wildman–Crippen MR) is 126 cm³/mol. The molecule has 5 rings (SSSR count). The van der Waals surface area contributed by atoms with E-state index >= 15 is 0 Å². The zero-order valence-corrected chi connectivity index (χ0v) is 19.0. The fourth-order valence-corrected chi connectivity index (χ4v) is 4.95. The van der Waals surface area contributed by atoms with Crippen LogP contribution in [-0.4, -0.2) is 58.3 Å². The molecule has 0 amide bonds. The molecule has 0 radical (unpaired) electrons. The summed E-state index contributed by atoms with van der Waals surface area (Å²) in [5.74, 6) is -0.0385. The highest BCUT2D eigenvalue weighted by Gasteiger charge is 2.40. The van der Waals surface area contributed by atoms with Gasteiger partial charge in [-0.3, -0.25) is 9.79 Å². The summed E-state index contributed by atoms with van der Waals surface area (Å²) in [6, 6.07) is 11.4. The number of rotatable bonds is 5. The van der Waals surface area contributed by atoms with E-state index in [-0.39, 0.29) is 24.2 Å². The number of aryl methyl sites for hydroxylation is 1. The molecule has 3 aromatic rings. The van der Waals surface area contributed by atoms with Crippen molar-refractivity contribution < 1.29 is 9.18 Å². The van der Waals surface area contributed by atoms with Gasteiger partial charge in [0.15, 0.2) is 5.78 Å². The monoisotopic (exact) mass is 446 g/mol. The lowest BCUT2D eigenvalue weighted by molar-refractivity contribution is 0.0999. The van der Waals surface area contributed by atoms with Gasteiger partial charge in [0.25, 0.3) is 0 Å². The first-order valence-corrected chi connectivity index (χ1v) is 11.2. The number of benzene rings is 2. The van der Waals surface area contributed by atoms with Crippen LogP contribution in [0, 0.1) is 5.82 Å². The quantitative estimate of drug-likeness (QED) is 0.650. The Kier molecular flexibility index (Phi) is 5.54. The number of carbonyl (C=O) groups is 1. The van der Waals surface area contributed by atoms with Crippen molar-refractivity contribution in [3.8, 4) is 0 Å². The molecular formula is C25H27FN6O. The molecular weight excluding hydrogens is 419 g/mol. The van der Waals surface area contributed by atoms with Crippen molar-refractivity contribution in [2.75, 3.05) is 32.5 Å². The molecule has 0 fully saturated rings. The average molecular weight is 447 g/mol. The lowest BCUT2D eigenvalue weighted by atomic mass is 9.78. The number of nitrogens with zero attached hydrogens (tertiary/aromatic N) is 5. The van der Waals surface area contributed by atoms with E-state index in [9.17, 15) is 9.18 Å². The molecule has 2 aliphatic rings. The maximum absolute atomic E-state index is 14.4. The number of halogens is 1. The van der Waals surface area contributed by atoms with Crippen LogP contribution in [0.1, 0.15) is 51.6 Å². The Morgan fingerprint density at radius 2 is 2.00 bits per heavy atom. The third kappa shape index (κ3) is 3.84. The molecule has 170 valence electrons. The number of carbonyl (C=O) groups excluding carboxylic acids is 1. The highest BCUT2D eigenvalue weighted by Crippen LogP contribution is 2.42. The summed E-state index contributed by atoms with van der Waals surface area (Å²) in [5.41, 5.74) is 4.82. The van der Waals surface area contributed by atoms with E-state index in [0.29, 0.717) is 29.9 Å². The average Bonchev–Trinajstić information content (AvgIpc) is 3.20. The molecule has 8 heteroatoms. The number of hydrogen-bond donors (Lipinski definition) is 1. The van der Waals surface area contributed by atoms with Gasteiger partial charge in [0, 0.05) is 42.4 Å². The van der Waals surface area contributed by atoms with Crippen molar-refractivity contribution >= 4 is 17.2 Å². The van der Waals surface area contributed by atoms with Crippen LogP contribution in [0.25, 0.3) is 0 Å². The summed E-state index contributed by atoms with van der Waals surface area (Å²) in [5, 5.41) is 7.82. The Bertz CT molecular complexity index is 1230. The number of anilines is 1. The molecule has 3 heterocycles.